The summed E-state index contributed by atoms with van der Waals surface area (Å²) < 4.78 is 0. The van der Waals surface area contributed by atoms with Crippen molar-refractivity contribution in [2.24, 2.45) is 11.3 Å². The maximum Gasteiger partial charge on any atom is 0.134 e. The van der Waals surface area contributed by atoms with Gasteiger partial charge in [-0.1, -0.05) is 43.9 Å². The molecule has 1 aromatic rings. The number of hydrogen-bond acceptors (Lipinski definition) is 1. The maximum absolute atomic E-state index is 11.6. The van der Waals surface area contributed by atoms with Gasteiger partial charge in [-0.3, -0.25) is 4.79 Å². The fraction of sp³-hybridized carbons (Fsp3) is 0.438. The van der Waals surface area contributed by atoms with E-state index in [1.807, 2.05) is 30.3 Å². The van der Waals surface area contributed by atoms with Crippen LogP contribution in [0.2, 0.25) is 0 Å². The third-order valence-corrected chi connectivity index (χ3v) is 3.14. The molecule has 1 aliphatic carbocycles. The van der Waals surface area contributed by atoms with E-state index < -0.39 is 0 Å². The number of carbonyl (C=O) groups excluding carboxylic acids is 1. The molecule has 1 aliphatic rings. The van der Waals surface area contributed by atoms with Crippen LogP contribution in [0.4, 0.5) is 0 Å². The molecule has 0 aromatic heterocycles. The molecule has 0 N–H and O–H groups in total. The highest BCUT2D eigenvalue weighted by molar-refractivity contribution is 5.80. The molecule has 1 fully saturated rings. The monoisotopic (exact) mass is 226 g/mol. The number of rotatable bonds is 0. The van der Waals surface area contributed by atoms with Crippen molar-refractivity contribution in [1.82, 2.24) is 0 Å². The number of benzene rings is 1. The van der Waals surface area contributed by atoms with Gasteiger partial charge in [-0.05, 0) is 24.0 Å². The zero-order chi connectivity index (χ0) is 12.3. The quantitative estimate of drug-likeness (QED) is 0.619. The SMILES string of the molecule is CC1(C)CC(=O)C[C@@H](C#Cc2ccccc2)C1. The largest absolute Gasteiger partial charge is 0.300 e. The average molecular weight is 226 g/mol. The fourth-order valence-electron chi connectivity index (χ4n) is 2.50. The Hall–Kier alpha value is -1.55. The number of carbonyl (C=O) groups is 1. The van der Waals surface area contributed by atoms with Gasteiger partial charge >= 0.3 is 0 Å². The van der Waals surface area contributed by atoms with Crippen molar-refractivity contribution in [3.8, 4) is 11.8 Å². The smallest absolute Gasteiger partial charge is 0.134 e. The molecule has 1 atom stereocenters. The van der Waals surface area contributed by atoms with Crippen LogP contribution in [-0.4, -0.2) is 5.78 Å². The van der Waals surface area contributed by atoms with Crippen LogP contribution < -0.4 is 0 Å². The van der Waals surface area contributed by atoms with Crippen molar-refractivity contribution in [3.63, 3.8) is 0 Å². The molecule has 17 heavy (non-hydrogen) atoms. The van der Waals surface area contributed by atoms with Crippen molar-refractivity contribution < 1.29 is 4.79 Å². The van der Waals surface area contributed by atoms with Crippen molar-refractivity contribution in [3.05, 3.63) is 35.9 Å². The lowest BCUT2D eigenvalue weighted by Gasteiger charge is -2.31. The fourth-order valence-corrected chi connectivity index (χ4v) is 2.50. The van der Waals surface area contributed by atoms with Gasteiger partial charge in [0.25, 0.3) is 0 Å². The van der Waals surface area contributed by atoms with Gasteiger partial charge in [0, 0.05) is 24.3 Å². The van der Waals surface area contributed by atoms with Crippen LogP contribution in [-0.2, 0) is 4.79 Å². The summed E-state index contributed by atoms with van der Waals surface area (Å²) in [5, 5.41) is 0. The molecule has 0 aliphatic heterocycles. The molecule has 1 aromatic carbocycles. The first-order valence-electron chi connectivity index (χ1n) is 6.13. The summed E-state index contributed by atoms with van der Waals surface area (Å²) in [5.41, 5.74) is 1.15. The first-order chi connectivity index (χ1) is 8.05. The topological polar surface area (TPSA) is 17.1 Å². The van der Waals surface area contributed by atoms with Crippen LogP contribution in [0.15, 0.2) is 30.3 Å². The third kappa shape index (κ3) is 3.46. The van der Waals surface area contributed by atoms with E-state index in [0.29, 0.717) is 18.6 Å². The zero-order valence-corrected chi connectivity index (χ0v) is 10.5. The molecule has 0 bridgehead atoms. The summed E-state index contributed by atoms with van der Waals surface area (Å²) in [5.74, 6) is 7.01. The highest BCUT2D eigenvalue weighted by atomic mass is 16.1. The Morgan fingerprint density at radius 1 is 1.24 bits per heavy atom. The molecular formula is C16H18O. The number of ketones is 1. The Morgan fingerprint density at radius 2 is 1.94 bits per heavy atom. The Morgan fingerprint density at radius 3 is 2.59 bits per heavy atom. The number of Topliss-reactive ketones (excluding diaryl/α,β-unsaturated/α-hetero) is 1. The van der Waals surface area contributed by atoms with E-state index in [2.05, 4.69) is 25.7 Å². The van der Waals surface area contributed by atoms with Crippen molar-refractivity contribution in [2.75, 3.05) is 0 Å². The van der Waals surface area contributed by atoms with Crippen molar-refractivity contribution in [2.45, 2.75) is 33.1 Å². The van der Waals surface area contributed by atoms with Gasteiger partial charge in [0.2, 0.25) is 0 Å². The van der Waals surface area contributed by atoms with E-state index in [0.717, 1.165) is 12.0 Å². The second-order valence-corrected chi connectivity index (χ2v) is 5.62. The summed E-state index contributed by atoms with van der Waals surface area (Å²) in [7, 11) is 0. The molecule has 0 spiro atoms. The molecule has 1 saturated carbocycles. The molecule has 0 saturated heterocycles. The molecule has 0 heterocycles. The Labute approximate surface area is 103 Å². The summed E-state index contributed by atoms with van der Waals surface area (Å²) in [6.07, 6.45) is 2.36. The minimum absolute atomic E-state index is 0.116. The minimum atomic E-state index is 0.116. The van der Waals surface area contributed by atoms with Gasteiger partial charge in [-0.15, -0.1) is 0 Å². The van der Waals surface area contributed by atoms with E-state index in [9.17, 15) is 4.79 Å². The molecule has 88 valence electrons. The Balaban J connectivity index is 2.09. The van der Waals surface area contributed by atoms with E-state index >= 15 is 0 Å². The van der Waals surface area contributed by atoms with Gasteiger partial charge in [0.05, 0.1) is 0 Å². The van der Waals surface area contributed by atoms with Gasteiger partial charge in [-0.2, -0.15) is 0 Å². The Bertz CT molecular complexity index is 459. The van der Waals surface area contributed by atoms with Crippen molar-refractivity contribution >= 4 is 5.78 Å². The summed E-state index contributed by atoms with van der Waals surface area (Å²) >= 11 is 0. The molecule has 0 amide bonds. The molecular weight excluding hydrogens is 208 g/mol. The van der Waals surface area contributed by atoms with Gasteiger partial charge in [0.1, 0.15) is 5.78 Å². The maximum atomic E-state index is 11.6. The van der Waals surface area contributed by atoms with E-state index in [4.69, 9.17) is 0 Å². The van der Waals surface area contributed by atoms with Crippen LogP contribution in [0.3, 0.4) is 0 Å². The first-order valence-corrected chi connectivity index (χ1v) is 6.13. The molecule has 1 heteroatoms. The van der Waals surface area contributed by atoms with Crippen molar-refractivity contribution in [1.29, 1.82) is 0 Å². The highest BCUT2D eigenvalue weighted by Crippen LogP contribution is 2.36. The van der Waals surface area contributed by atoms with Gasteiger partial charge in [0.15, 0.2) is 0 Å². The van der Waals surface area contributed by atoms with Gasteiger partial charge < -0.3 is 0 Å². The van der Waals surface area contributed by atoms with Crippen LogP contribution >= 0.6 is 0 Å². The predicted octanol–water partition coefficient (Wildman–Crippen LogP) is 3.43. The first kappa shape index (κ1) is 11.9. The van der Waals surface area contributed by atoms with E-state index in [-0.39, 0.29) is 11.3 Å². The summed E-state index contributed by atoms with van der Waals surface area (Å²) in [6, 6.07) is 9.96. The van der Waals surface area contributed by atoms with Crippen LogP contribution in [0.1, 0.15) is 38.7 Å². The third-order valence-electron chi connectivity index (χ3n) is 3.14. The zero-order valence-electron chi connectivity index (χ0n) is 10.5. The lowest BCUT2D eigenvalue weighted by molar-refractivity contribution is -0.124. The minimum Gasteiger partial charge on any atom is -0.300 e. The lowest BCUT2D eigenvalue weighted by Crippen LogP contribution is -2.28. The molecule has 1 nitrogen and oxygen atoms in total. The predicted molar refractivity (Wildman–Crippen MR) is 69.4 cm³/mol. The van der Waals surface area contributed by atoms with Crippen LogP contribution in [0, 0.1) is 23.2 Å². The molecule has 0 radical (unpaired) electrons. The molecule has 0 unspecified atom stereocenters. The second kappa shape index (κ2) is 4.75. The van der Waals surface area contributed by atoms with Crippen LogP contribution in [0.5, 0.6) is 0 Å². The second-order valence-electron chi connectivity index (χ2n) is 5.62. The Kier molecular flexibility index (Phi) is 3.33. The summed E-state index contributed by atoms with van der Waals surface area (Å²) in [4.78, 5) is 11.6. The van der Waals surface area contributed by atoms with Gasteiger partial charge in [-0.25, -0.2) is 0 Å². The standard InChI is InChI=1S/C16H18O/c1-16(2)11-14(10-15(17)12-16)9-8-13-6-4-3-5-7-13/h3-7,14H,10-12H2,1-2H3/t14-/m1/s1. The van der Waals surface area contributed by atoms with E-state index in [1.54, 1.807) is 0 Å². The highest BCUT2D eigenvalue weighted by Gasteiger charge is 2.31. The van der Waals surface area contributed by atoms with Crippen LogP contribution in [0.25, 0.3) is 0 Å². The average Bonchev–Trinajstić information content (AvgIpc) is 2.25. The lowest BCUT2D eigenvalue weighted by atomic mass is 9.72. The van der Waals surface area contributed by atoms with E-state index in [1.165, 1.54) is 0 Å². The normalized spacial score (nSPS) is 22.7. The molecule has 2 rings (SSSR count). The number of hydrogen-bond donors (Lipinski definition) is 0. The summed E-state index contributed by atoms with van der Waals surface area (Å²) in [6.45, 7) is 4.31.